The van der Waals surface area contributed by atoms with E-state index in [0.717, 1.165) is 51.5 Å². The Morgan fingerprint density at radius 1 is 0.919 bits per heavy atom. The van der Waals surface area contributed by atoms with Crippen LogP contribution in [0.3, 0.4) is 0 Å². The zero-order valence-corrected chi connectivity index (χ0v) is 21.7. The van der Waals surface area contributed by atoms with Gasteiger partial charge >= 0.3 is 0 Å². The van der Waals surface area contributed by atoms with E-state index in [1.165, 1.54) is 36.5 Å². The molecule has 196 valence electrons. The lowest BCUT2D eigenvalue weighted by Gasteiger charge is -2.54. The lowest BCUT2D eigenvalue weighted by atomic mass is 9.66. The summed E-state index contributed by atoms with van der Waals surface area (Å²) < 4.78 is 19.1. The summed E-state index contributed by atoms with van der Waals surface area (Å²) in [5.74, 6) is 1.14. The van der Waals surface area contributed by atoms with Crippen LogP contribution in [0.4, 0.5) is 10.1 Å². The number of phenols is 1. The number of aldehydes is 1. The first kappa shape index (κ1) is 26.7. The maximum atomic E-state index is 13.9. The van der Waals surface area contributed by atoms with Gasteiger partial charge in [-0.3, -0.25) is 0 Å². The van der Waals surface area contributed by atoms with E-state index in [4.69, 9.17) is 4.74 Å². The number of aromatic hydroxyl groups is 1. The average Bonchev–Trinajstić information content (AvgIpc) is 2.94. The quantitative estimate of drug-likeness (QED) is 0.392. The van der Waals surface area contributed by atoms with Gasteiger partial charge in [0.15, 0.2) is 0 Å². The van der Waals surface area contributed by atoms with Gasteiger partial charge in [-0.15, -0.1) is 0 Å². The minimum absolute atomic E-state index is 0.192. The normalized spacial score (nSPS) is 17.7. The fourth-order valence-corrected chi connectivity index (χ4v) is 5.61. The highest BCUT2D eigenvalue weighted by Gasteiger charge is 2.45. The largest absolute Gasteiger partial charge is 0.508 e. The van der Waals surface area contributed by atoms with Crippen LogP contribution in [0.15, 0.2) is 72.8 Å². The number of benzene rings is 3. The van der Waals surface area contributed by atoms with Crippen LogP contribution in [0.5, 0.6) is 11.5 Å². The number of rotatable bonds is 3. The van der Waals surface area contributed by atoms with Gasteiger partial charge in [-0.25, -0.2) is 4.39 Å². The number of hydrogen-bond donors (Lipinski definition) is 1. The number of aryl methyl sites for hydroxylation is 2. The molecule has 1 heterocycles. The van der Waals surface area contributed by atoms with Crippen LogP contribution in [0.2, 0.25) is 0 Å². The number of carbonyl (C=O) groups is 1. The summed E-state index contributed by atoms with van der Waals surface area (Å²) in [6, 6.07) is 22.6. The SMILES string of the molecule is COc1ccc(F)c(N2CC3(CCC(C=O)CC3)C2)c1.Oc1ccc2c(c1)CCCC2.c1ccccc1. The van der Waals surface area contributed by atoms with Gasteiger partial charge < -0.3 is 19.5 Å². The van der Waals surface area contributed by atoms with Crippen LogP contribution < -0.4 is 9.64 Å². The minimum atomic E-state index is -0.192. The summed E-state index contributed by atoms with van der Waals surface area (Å²) in [7, 11) is 1.59. The molecule has 0 radical (unpaired) electrons. The van der Waals surface area contributed by atoms with Gasteiger partial charge in [0.2, 0.25) is 0 Å². The predicted octanol–water partition coefficient (Wildman–Crippen LogP) is 6.99. The van der Waals surface area contributed by atoms with Gasteiger partial charge in [0, 0.05) is 30.5 Å². The summed E-state index contributed by atoms with van der Waals surface area (Å²) in [5, 5.41) is 9.19. The maximum Gasteiger partial charge on any atom is 0.146 e. The summed E-state index contributed by atoms with van der Waals surface area (Å²) in [5.41, 5.74) is 3.70. The molecule has 1 aliphatic heterocycles. The number of nitrogens with zero attached hydrogens (tertiary/aromatic N) is 1. The minimum Gasteiger partial charge on any atom is -0.508 e. The number of halogens is 1. The van der Waals surface area contributed by atoms with Crippen molar-refractivity contribution in [1.82, 2.24) is 0 Å². The number of hydrogen-bond acceptors (Lipinski definition) is 4. The molecule has 0 atom stereocenters. The summed E-state index contributed by atoms with van der Waals surface area (Å²) in [6.45, 7) is 1.78. The molecule has 1 saturated carbocycles. The van der Waals surface area contributed by atoms with Crippen molar-refractivity contribution in [2.45, 2.75) is 51.4 Å². The molecule has 1 spiro atoms. The Morgan fingerprint density at radius 2 is 1.54 bits per heavy atom. The van der Waals surface area contributed by atoms with Crippen molar-refractivity contribution in [3.05, 3.63) is 89.7 Å². The zero-order chi connectivity index (χ0) is 26.1. The second kappa shape index (κ2) is 12.8. The Bertz CT molecular complexity index is 1110. The molecule has 0 bridgehead atoms. The van der Waals surface area contributed by atoms with E-state index in [0.29, 0.717) is 22.6 Å². The lowest BCUT2D eigenvalue weighted by Crippen LogP contribution is -2.58. The van der Waals surface area contributed by atoms with Crippen molar-refractivity contribution in [1.29, 1.82) is 0 Å². The Balaban J connectivity index is 0.000000156. The van der Waals surface area contributed by atoms with E-state index in [9.17, 15) is 14.3 Å². The van der Waals surface area contributed by atoms with E-state index in [-0.39, 0.29) is 11.7 Å². The molecule has 3 aromatic carbocycles. The predicted molar refractivity (Wildman–Crippen MR) is 147 cm³/mol. The smallest absolute Gasteiger partial charge is 0.146 e. The van der Waals surface area contributed by atoms with Gasteiger partial charge in [-0.05, 0) is 86.8 Å². The third-order valence-electron chi connectivity index (χ3n) is 7.83. The zero-order valence-electron chi connectivity index (χ0n) is 21.7. The van der Waals surface area contributed by atoms with E-state index >= 15 is 0 Å². The van der Waals surface area contributed by atoms with Crippen molar-refractivity contribution in [3.8, 4) is 11.5 Å². The van der Waals surface area contributed by atoms with Gasteiger partial charge in [-0.1, -0.05) is 42.5 Å². The number of carbonyl (C=O) groups excluding carboxylic acids is 1. The molecule has 2 aliphatic carbocycles. The first-order valence-corrected chi connectivity index (χ1v) is 13.4. The summed E-state index contributed by atoms with van der Waals surface area (Å²) in [6.07, 6.45) is 10.1. The van der Waals surface area contributed by atoms with Crippen molar-refractivity contribution >= 4 is 12.0 Å². The first-order chi connectivity index (χ1) is 18.0. The number of methoxy groups -OCH3 is 1. The highest BCUT2D eigenvalue weighted by Crippen LogP contribution is 2.47. The molecule has 5 heteroatoms. The van der Waals surface area contributed by atoms with Crippen LogP contribution in [0.25, 0.3) is 0 Å². The number of fused-ring (bicyclic) bond motifs is 1. The summed E-state index contributed by atoms with van der Waals surface area (Å²) >= 11 is 0. The second-order valence-electron chi connectivity index (χ2n) is 10.5. The molecule has 6 rings (SSSR count). The standard InChI is InChI=1S/C16H20FNO2.C10H12O.C6H6/c1-20-13-2-3-14(17)15(8-13)18-10-16(11-18)6-4-12(9-19)5-7-16;11-10-6-5-8-3-1-2-4-9(8)7-10;1-2-4-6-5-3-1/h2-3,8-9,12H,4-7,10-11H2,1H3;5-7,11H,1-4H2;1-6H. The third kappa shape index (κ3) is 7.12. The van der Waals surface area contributed by atoms with Gasteiger partial charge in [0.25, 0.3) is 0 Å². The lowest BCUT2D eigenvalue weighted by molar-refractivity contribution is -0.112. The molecule has 0 unspecified atom stereocenters. The molecule has 37 heavy (non-hydrogen) atoms. The molecular formula is C32H38FNO3. The topological polar surface area (TPSA) is 49.8 Å². The van der Waals surface area contributed by atoms with Gasteiger partial charge in [-0.2, -0.15) is 0 Å². The molecule has 2 fully saturated rings. The Hall–Kier alpha value is -3.34. The molecule has 1 N–H and O–H groups in total. The van der Waals surface area contributed by atoms with Crippen LogP contribution in [-0.2, 0) is 17.6 Å². The second-order valence-corrected chi connectivity index (χ2v) is 10.5. The Labute approximate surface area is 220 Å². The molecule has 0 amide bonds. The highest BCUT2D eigenvalue weighted by atomic mass is 19.1. The Kier molecular flexibility index (Phi) is 9.21. The number of anilines is 1. The van der Waals surface area contributed by atoms with Gasteiger partial charge in [0.05, 0.1) is 12.8 Å². The van der Waals surface area contributed by atoms with Crippen LogP contribution in [-0.4, -0.2) is 31.6 Å². The molecule has 0 aromatic heterocycles. The maximum absolute atomic E-state index is 13.9. The summed E-state index contributed by atoms with van der Waals surface area (Å²) in [4.78, 5) is 12.9. The van der Waals surface area contributed by atoms with Crippen LogP contribution in [0.1, 0.15) is 49.7 Å². The van der Waals surface area contributed by atoms with Gasteiger partial charge in [0.1, 0.15) is 23.6 Å². The number of ether oxygens (including phenoxy) is 1. The third-order valence-corrected chi connectivity index (χ3v) is 7.83. The monoisotopic (exact) mass is 503 g/mol. The average molecular weight is 504 g/mol. The van der Waals surface area contributed by atoms with Crippen LogP contribution >= 0.6 is 0 Å². The van der Waals surface area contributed by atoms with E-state index in [2.05, 4.69) is 4.90 Å². The van der Waals surface area contributed by atoms with E-state index < -0.39 is 0 Å². The highest BCUT2D eigenvalue weighted by molar-refractivity contribution is 5.56. The molecule has 3 aromatic rings. The number of phenolic OH excluding ortho intramolecular Hbond substituents is 1. The first-order valence-electron chi connectivity index (χ1n) is 13.4. The Morgan fingerprint density at radius 3 is 2.14 bits per heavy atom. The van der Waals surface area contributed by atoms with E-state index in [1.54, 1.807) is 25.3 Å². The van der Waals surface area contributed by atoms with Crippen LogP contribution in [0, 0.1) is 17.2 Å². The fourth-order valence-electron chi connectivity index (χ4n) is 5.61. The fraction of sp³-hybridized carbons (Fsp3) is 0.406. The molecule has 4 nitrogen and oxygen atoms in total. The van der Waals surface area contributed by atoms with Crippen molar-refractivity contribution in [3.63, 3.8) is 0 Å². The molecule has 1 saturated heterocycles. The van der Waals surface area contributed by atoms with Crippen molar-refractivity contribution in [2.75, 3.05) is 25.1 Å². The molecule has 3 aliphatic rings. The molecular weight excluding hydrogens is 465 g/mol. The van der Waals surface area contributed by atoms with Crippen molar-refractivity contribution < 1.29 is 19.0 Å². The van der Waals surface area contributed by atoms with Crippen molar-refractivity contribution in [2.24, 2.45) is 11.3 Å². The van der Waals surface area contributed by atoms with E-state index in [1.807, 2.05) is 48.5 Å².